The van der Waals surface area contributed by atoms with Crippen molar-refractivity contribution < 1.29 is 0 Å². The Hall–Kier alpha value is -0.940. The van der Waals surface area contributed by atoms with E-state index in [9.17, 15) is 0 Å². The van der Waals surface area contributed by atoms with E-state index >= 15 is 0 Å². The third kappa shape index (κ3) is 2.84. The van der Waals surface area contributed by atoms with E-state index in [1.54, 1.807) is 11.3 Å². The van der Waals surface area contributed by atoms with E-state index in [-0.39, 0.29) is 0 Å². The molecule has 2 aromatic heterocycles. The fourth-order valence-corrected chi connectivity index (χ4v) is 3.26. The summed E-state index contributed by atoms with van der Waals surface area (Å²) in [5, 5.41) is 8.73. The summed E-state index contributed by atoms with van der Waals surface area (Å²) in [6.07, 6.45) is 3.57. The Labute approximate surface area is 109 Å². The molecule has 0 saturated heterocycles. The minimum Gasteiger partial charge on any atom is -0.357 e. The highest BCUT2D eigenvalue weighted by molar-refractivity contribution is 7.09. The second-order valence-electron chi connectivity index (χ2n) is 4.61. The predicted octanol–water partition coefficient (Wildman–Crippen LogP) is 3.52. The zero-order chi connectivity index (χ0) is 11.7. The fraction of sp³-hybridized carbons (Fsp3) is 0.500. The van der Waals surface area contributed by atoms with E-state index in [4.69, 9.17) is 0 Å². The monoisotopic (exact) mass is 265 g/mol. The molecule has 5 heteroatoms. The third-order valence-electron chi connectivity index (χ3n) is 2.88. The van der Waals surface area contributed by atoms with Crippen molar-refractivity contribution >= 4 is 28.0 Å². The quantitative estimate of drug-likeness (QED) is 0.899. The molecular formula is C12H15N3S2. The Balaban J connectivity index is 1.57. The van der Waals surface area contributed by atoms with Crippen LogP contribution in [0.15, 0.2) is 16.8 Å². The van der Waals surface area contributed by atoms with Gasteiger partial charge in [0.15, 0.2) is 0 Å². The Kier molecular flexibility index (Phi) is 3.11. The average molecular weight is 265 g/mol. The summed E-state index contributed by atoms with van der Waals surface area (Å²) in [7, 11) is 0. The lowest BCUT2D eigenvalue weighted by Crippen LogP contribution is -2.17. The van der Waals surface area contributed by atoms with E-state index in [1.165, 1.54) is 29.9 Å². The number of anilines is 1. The SMILES string of the molecule is CC(Cc1ccsc1)Nc1nc(C2CC2)ns1. The van der Waals surface area contributed by atoms with Gasteiger partial charge in [0.05, 0.1) is 0 Å². The summed E-state index contributed by atoms with van der Waals surface area (Å²) in [5.41, 5.74) is 1.39. The smallest absolute Gasteiger partial charge is 0.202 e. The minimum absolute atomic E-state index is 0.407. The highest BCUT2D eigenvalue weighted by Crippen LogP contribution is 2.39. The highest BCUT2D eigenvalue weighted by atomic mass is 32.1. The molecule has 2 heterocycles. The Morgan fingerprint density at radius 1 is 1.53 bits per heavy atom. The fourth-order valence-electron chi connectivity index (χ4n) is 1.83. The van der Waals surface area contributed by atoms with Crippen LogP contribution in [0.25, 0.3) is 0 Å². The molecule has 0 aromatic carbocycles. The van der Waals surface area contributed by atoms with Crippen molar-refractivity contribution in [3.05, 3.63) is 28.2 Å². The molecule has 0 bridgehead atoms. The van der Waals surface area contributed by atoms with Gasteiger partial charge in [-0.05, 0) is 48.6 Å². The van der Waals surface area contributed by atoms with Gasteiger partial charge >= 0.3 is 0 Å². The average Bonchev–Trinajstić information content (AvgIpc) is 2.84. The lowest BCUT2D eigenvalue weighted by molar-refractivity contribution is 0.789. The molecular weight excluding hydrogens is 250 g/mol. The summed E-state index contributed by atoms with van der Waals surface area (Å²) < 4.78 is 4.40. The van der Waals surface area contributed by atoms with Crippen LogP contribution in [0.1, 0.15) is 37.1 Å². The molecule has 1 saturated carbocycles. The molecule has 1 aliphatic rings. The number of aromatic nitrogens is 2. The topological polar surface area (TPSA) is 37.8 Å². The minimum atomic E-state index is 0.407. The maximum atomic E-state index is 4.54. The first-order chi connectivity index (χ1) is 8.31. The molecule has 1 N–H and O–H groups in total. The summed E-state index contributed by atoms with van der Waals surface area (Å²) in [4.78, 5) is 4.54. The number of rotatable bonds is 5. The van der Waals surface area contributed by atoms with Gasteiger partial charge < -0.3 is 5.32 Å². The van der Waals surface area contributed by atoms with Crippen LogP contribution in [0.5, 0.6) is 0 Å². The molecule has 3 nitrogen and oxygen atoms in total. The normalized spacial score (nSPS) is 17.0. The van der Waals surface area contributed by atoms with E-state index in [2.05, 4.69) is 38.4 Å². The lowest BCUT2D eigenvalue weighted by Gasteiger charge is -2.10. The second-order valence-corrected chi connectivity index (χ2v) is 6.14. The summed E-state index contributed by atoms with van der Waals surface area (Å²) in [5.74, 6) is 1.69. The van der Waals surface area contributed by atoms with Crippen molar-refractivity contribution in [2.75, 3.05) is 5.32 Å². The van der Waals surface area contributed by atoms with E-state index in [0.29, 0.717) is 12.0 Å². The molecule has 0 radical (unpaired) electrons. The van der Waals surface area contributed by atoms with Gasteiger partial charge in [0.25, 0.3) is 0 Å². The standard InChI is InChI=1S/C12H15N3S2/c1-8(6-9-4-5-16-7-9)13-12-14-11(15-17-12)10-2-3-10/h4-5,7-8,10H,2-3,6H2,1H3,(H,13,14,15). The number of hydrogen-bond donors (Lipinski definition) is 1. The summed E-state index contributed by atoms with van der Waals surface area (Å²) in [6.45, 7) is 2.19. The maximum Gasteiger partial charge on any atom is 0.202 e. The van der Waals surface area contributed by atoms with Crippen molar-refractivity contribution in [1.29, 1.82) is 0 Å². The molecule has 1 fully saturated rings. The summed E-state index contributed by atoms with van der Waals surface area (Å²) >= 11 is 3.24. The van der Waals surface area contributed by atoms with Crippen molar-refractivity contribution in [2.45, 2.75) is 38.1 Å². The number of nitrogens with one attached hydrogen (secondary N) is 1. The Morgan fingerprint density at radius 2 is 2.41 bits per heavy atom. The summed E-state index contributed by atoms with van der Waals surface area (Å²) in [6, 6.07) is 2.59. The first-order valence-corrected chi connectivity index (χ1v) is 7.64. The molecule has 90 valence electrons. The van der Waals surface area contributed by atoms with Gasteiger partial charge in [-0.3, -0.25) is 0 Å². The molecule has 0 spiro atoms. The van der Waals surface area contributed by atoms with Gasteiger partial charge in [-0.25, -0.2) is 4.98 Å². The van der Waals surface area contributed by atoms with Crippen LogP contribution in [-0.2, 0) is 6.42 Å². The Morgan fingerprint density at radius 3 is 3.12 bits per heavy atom. The van der Waals surface area contributed by atoms with Gasteiger partial charge in [-0.1, -0.05) is 0 Å². The first kappa shape index (κ1) is 11.2. The maximum absolute atomic E-state index is 4.54. The highest BCUT2D eigenvalue weighted by Gasteiger charge is 2.27. The van der Waals surface area contributed by atoms with E-state index in [0.717, 1.165) is 17.4 Å². The van der Waals surface area contributed by atoms with Crippen molar-refractivity contribution in [2.24, 2.45) is 0 Å². The lowest BCUT2D eigenvalue weighted by atomic mass is 10.1. The molecule has 0 amide bonds. The van der Waals surface area contributed by atoms with Crippen LogP contribution in [0.4, 0.5) is 5.13 Å². The van der Waals surface area contributed by atoms with Gasteiger partial charge in [0.2, 0.25) is 5.13 Å². The molecule has 1 unspecified atom stereocenters. The van der Waals surface area contributed by atoms with Gasteiger partial charge in [-0.15, -0.1) is 0 Å². The van der Waals surface area contributed by atoms with Crippen LogP contribution in [0.3, 0.4) is 0 Å². The molecule has 1 atom stereocenters. The van der Waals surface area contributed by atoms with Crippen LogP contribution >= 0.6 is 22.9 Å². The van der Waals surface area contributed by atoms with Crippen LogP contribution < -0.4 is 5.32 Å². The third-order valence-corrected chi connectivity index (χ3v) is 4.27. The number of thiophene rings is 1. The molecule has 0 aliphatic heterocycles. The predicted molar refractivity (Wildman–Crippen MR) is 73.0 cm³/mol. The van der Waals surface area contributed by atoms with Crippen molar-refractivity contribution in [3.8, 4) is 0 Å². The van der Waals surface area contributed by atoms with Crippen LogP contribution in [-0.4, -0.2) is 15.4 Å². The zero-order valence-electron chi connectivity index (χ0n) is 9.72. The van der Waals surface area contributed by atoms with E-state index in [1.807, 2.05) is 0 Å². The van der Waals surface area contributed by atoms with Crippen LogP contribution in [0, 0.1) is 0 Å². The molecule has 2 aromatic rings. The van der Waals surface area contributed by atoms with Gasteiger partial charge in [0, 0.05) is 23.5 Å². The molecule has 3 rings (SSSR count). The first-order valence-electron chi connectivity index (χ1n) is 5.92. The number of nitrogens with zero attached hydrogens (tertiary/aromatic N) is 2. The Bertz CT molecular complexity index is 474. The molecule has 1 aliphatic carbocycles. The van der Waals surface area contributed by atoms with Gasteiger partial charge in [0.1, 0.15) is 5.82 Å². The van der Waals surface area contributed by atoms with Crippen molar-refractivity contribution in [1.82, 2.24) is 9.36 Å². The zero-order valence-corrected chi connectivity index (χ0v) is 11.4. The second kappa shape index (κ2) is 4.74. The van der Waals surface area contributed by atoms with E-state index < -0.39 is 0 Å². The molecule has 17 heavy (non-hydrogen) atoms. The van der Waals surface area contributed by atoms with Gasteiger partial charge in [-0.2, -0.15) is 15.7 Å². The largest absolute Gasteiger partial charge is 0.357 e. The van der Waals surface area contributed by atoms with Crippen molar-refractivity contribution in [3.63, 3.8) is 0 Å². The van der Waals surface area contributed by atoms with Crippen LogP contribution in [0.2, 0.25) is 0 Å². The number of hydrogen-bond acceptors (Lipinski definition) is 5.